The van der Waals surface area contributed by atoms with Gasteiger partial charge in [0.2, 0.25) is 0 Å². The first kappa shape index (κ1) is 12.0. The monoisotopic (exact) mass is 251 g/mol. The molecule has 0 spiro atoms. The van der Waals surface area contributed by atoms with Crippen molar-refractivity contribution < 1.29 is 4.42 Å². The average Bonchev–Trinajstić information content (AvgIpc) is 2.84. The molecule has 0 aliphatic heterocycles. The zero-order valence-corrected chi connectivity index (χ0v) is 11.2. The van der Waals surface area contributed by atoms with E-state index in [1.165, 1.54) is 5.56 Å². The van der Waals surface area contributed by atoms with Crippen LogP contribution in [-0.2, 0) is 6.54 Å². The van der Waals surface area contributed by atoms with Crippen LogP contribution in [0.15, 0.2) is 46.9 Å². The third-order valence-electron chi connectivity index (χ3n) is 3.49. The highest BCUT2D eigenvalue weighted by Gasteiger charge is 2.11. The summed E-state index contributed by atoms with van der Waals surface area (Å²) < 4.78 is 6.03. The Bertz CT molecular complexity index is 740. The Morgan fingerprint density at radius 2 is 1.89 bits per heavy atom. The Labute approximate surface area is 112 Å². The molecule has 0 atom stereocenters. The van der Waals surface area contributed by atoms with Gasteiger partial charge in [0.25, 0.3) is 0 Å². The van der Waals surface area contributed by atoms with Crippen molar-refractivity contribution in [2.24, 2.45) is 5.73 Å². The van der Waals surface area contributed by atoms with E-state index in [1.54, 1.807) is 0 Å². The van der Waals surface area contributed by atoms with Crippen LogP contribution in [0.5, 0.6) is 0 Å². The molecule has 0 aliphatic carbocycles. The van der Waals surface area contributed by atoms with Crippen molar-refractivity contribution in [1.29, 1.82) is 0 Å². The minimum absolute atomic E-state index is 0.519. The number of benzene rings is 2. The van der Waals surface area contributed by atoms with E-state index >= 15 is 0 Å². The van der Waals surface area contributed by atoms with Crippen molar-refractivity contribution in [2.75, 3.05) is 0 Å². The van der Waals surface area contributed by atoms with Gasteiger partial charge in [-0.15, -0.1) is 0 Å². The van der Waals surface area contributed by atoms with Crippen LogP contribution >= 0.6 is 0 Å². The van der Waals surface area contributed by atoms with Crippen LogP contribution in [0.2, 0.25) is 0 Å². The largest absolute Gasteiger partial charge is 0.456 e. The highest BCUT2D eigenvalue weighted by Crippen LogP contribution is 2.32. The van der Waals surface area contributed by atoms with Crippen molar-refractivity contribution in [3.05, 3.63) is 59.2 Å². The molecule has 0 radical (unpaired) electrons. The lowest BCUT2D eigenvalue weighted by Gasteiger charge is -2.06. The summed E-state index contributed by atoms with van der Waals surface area (Å²) in [5, 5.41) is 1.14. The number of hydrogen-bond acceptors (Lipinski definition) is 2. The van der Waals surface area contributed by atoms with Crippen molar-refractivity contribution in [2.45, 2.75) is 20.4 Å². The molecule has 0 unspecified atom stereocenters. The molecule has 1 aromatic heterocycles. The van der Waals surface area contributed by atoms with E-state index in [4.69, 9.17) is 10.2 Å². The van der Waals surface area contributed by atoms with E-state index in [-0.39, 0.29) is 0 Å². The third kappa shape index (κ3) is 2.04. The second-order valence-electron chi connectivity index (χ2n) is 4.97. The van der Waals surface area contributed by atoms with Gasteiger partial charge >= 0.3 is 0 Å². The zero-order chi connectivity index (χ0) is 13.4. The highest BCUT2D eigenvalue weighted by atomic mass is 16.3. The number of aryl methyl sites for hydroxylation is 2. The Kier molecular flexibility index (Phi) is 2.88. The van der Waals surface area contributed by atoms with Gasteiger partial charge in [0.1, 0.15) is 11.3 Å². The Hall–Kier alpha value is -2.06. The van der Waals surface area contributed by atoms with Gasteiger partial charge in [-0.2, -0.15) is 0 Å². The number of furan rings is 1. The third-order valence-corrected chi connectivity index (χ3v) is 3.49. The summed E-state index contributed by atoms with van der Waals surface area (Å²) in [6.07, 6.45) is 0. The SMILES string of the molecule is Cc1ccc(CN)c(-c2cc3cccc(C)c3o2)c1. The molecule has 2 nitrogen and oxygen atoms in total. The Morgan fingerprint density at radius 3 is 2.63 bits per heavy atom. The lowest BCUT2D eigenvalue weighted by Crippen LogP contribution is -1.98. The van der Waals surface area contributed by atoms with Gasteiger partial charge < -0.3 is 10.2 Å². The molecule has 3 aromatic rings. The Morgan fingerprint density at radius 1 is 1.05 bits per heavy atom. The van der Waals surface area contributed by atoms with Crippen LogP contribution < -0.4 is 5.73 Å². The highest BCUT2D eigenvalue weighted by molar-refractivity contribution is 5.85. The average molecular weight is 251 g/mol. The second kappa shape index (κ2) is 4.56. The van der Waals surface area contributed by atoms with Crippen LogP contribution in [0.1, 0.15) is 16.7 Å². The van der Waals surface area contributed by atoms with Gasteiger partial charge in [-0.3, -0.25) is 0 Å². The molecule has 1 heterocycles. The van der Waals surface area contributed by atoms with Gasteiger partial charge in [-0.25, -0.2) is 0 Å². The molecule has 96 valence electrons. The summed E-state index contributed by atoms with van der Waals surface area (Å²) in [6, 6.07) is 14.6. The maximum absolute atomic E-state index is 6.03. The van der Waals surface area contributed by atoms with Crippen LogP contribution in [0.3, 0.4) is 0 Å². The van der Waals surface area contributed by atoms with E-state index in [9.17, 15) is 0 Å². The number of para-hydroxylation sites is 1. The standard InChI is InChI=1S/C17H17NO/c1-11-6-7-14(10-18)15(8-11)16-9-13-5-3-4-12(2)17(13)19-16/h3-9H,10,18H2,1-2H3. The lowest BCUT2D eigenvalue weighted by molar-refractivity contribution is 0.628. The molecule has 0 fully saturated rings. The molecule has 2 heteroatoms. The minimum Gasteiger partial charge on any atom is -0.456 e. The van der Waals surface area contributed by atoms with Crippen molar-refractivity contribution in [3.8, 4) is 11.3 Å². The summed E-state index contributed by atoms with van der Waals surface area (Å²) in [7, 11) is 0. The Balaban J connectivity index is 2.24. The fourth-order valence-corrected chi connectivity index (χ4v) is 2.44. The van der Waals surface area contributed by atoms with E-state index in [0.717, 1.165) is 33.4 Å². The molecule has 0 aliphatic rings. The molecule has 2 aromatic carbocycles. The lowest BCUT2D eigenvalue weighted by atomic mass is 10.0. The molecule has 3 rings (SSSR count). The topological polar surface area (TPSA) is 39.2 Å². The molecule has 0 saturated carbocycles. The van der Waals surface area contributed by atoms with Gasteiger partial charge in [0.05, 0.1) is 0 Å². The number of fused-ring (bicyclic) bond motifs is 1. The maximum Gasteiger partial charge on any atom is 0.137 e. The maximum atomic E-state index is 6.03. The van der Waals surface area contributed by atoms with Gasteiger partial charge in [-0.05, 0) is 37.1 Å². The van der Waals surface area contributed by atoms with Crippen LogP contribution in [-0.4, -0.2) is 0 Å². The van der Waals surface area contributed by atoms with Crippen LogP contribution in [0.4, 0.5) is 0 Å². The number of hydrogen-bond donors (Lipinski definition) is 1. The fourth-order valence-electron chi connectivity index (χ4n) is 2.44. The molecule has 19 heavy (non-hydrogen) atoms. The molecule has 2 N–H and O–H groups in total. The number of rotatable bonds is 2. The van der Waals surface area contributed by atoms with E-state index in [0.29, 0.717) is 6.54 Å². The van der Waals surface area contributed by atoms with Crippen LogP contribution in [0.25, 0.3) is 22.3 Å². The fraction of sp³-hybridized carbons (Fsp3) is 0.176. The quantitative estimate of drug-likeness (QED) is 0.742. The normalized spacial score (nSPS) is 11.1. The first-order chi connectivity index (χ1) is 9.19. The van der Waals surface area contributed by atoms with Crippen molar-refractivity contribution >= 4 is 11.0 Å². The first-order valence-corrected chi connectivity index (χ1v) is 6.48. The van der Waals surface area contributed by atoms with E-state index < -0.39 is 0 Å². The smallest absolute Gasteiger partial charge is 0.137 e. The van der Waals surface area contributed by atoms with Gasteiger partial charge in [0, 0.05) is 17.5 Å². The zero-order valence-electron chi connectivity index (χ0n) is 11.2. The van der Waals surface area contributed by atoms with Gasteiger partial charge in [0.15, 0.2) is 0 Å². The molecular formula is C17H17NO. The van der Waals surface area contributed by atoms with Crippen molar-refractivity contribution in [1.82, 2.24) is 0 Å². The van der Waals surface area contributed by atoms with E-state index in [1.807, 2.05) is 0 Å². The predicted molar refractivity (Wildman–Crippen MR) is 79.0 cm³/mol. The summed E-state index contributed by atoms with van der Waals surface area (Å²) in [5.74, 6) is 0.897. The molecule has 0 bridgehead atoms. The van der Waals surface area contributed by atoms with Gasteiger partial charge in [-0.1, -0.05) is 35.9 Å². The number of nitrogens with two attached hydrogens (primary N) is 1. The predicted octanol–water partition coefficient (Wildman–Crippen LogP) is 4.18. The van der Waals surface area contributed by atoms with Crippen LogP contribution in [0, 0.1) is 13.8 Å². The van der Waals surface area contributed by atoms with E-state index in [2.05, 4.69) is 56.3 Å². The molecular weight excluding hydrogens is 234 g/mol. The molecule has 0 amide bonds. The van der Waals surface area contributed by atoms with Crippen molar-refractivity contribution in [3.63, 3.8) is 0 Å². The summed E-state index contributed by atoms with van der Waals surface area (Å²) in [4.78, 5) is 0. The minimum atomic E-state index is 0.519. The second-order valence-corrected chi connectivity index (χ2v) is 4.97. The summed E-state index contributed by atoms with van der Waals surface area (Å²) >= 11 is 0. The molecule has 0 saturated heterocycles. The summed E-state index contributed by atoms with van der Waals surface area (Å²) in [5.41, 5.74) is 11.4. The first-order valence-electron chi connectivity index (χ1n) is 6.48. The summed E-state index contributed by atoms with van der Waals surface area (Å²) in [6.45, 7) is 4.67.